The third kappa shape index (κ3) is 3.83. The molecule has 0 unspecified atom stereocenters. The molecule has 3 heterocycles. The Labute approximate surface area is 219 Å². The number of nitrogens with zero attached hydrogens (tertiary/aromatic N) is 4. The Hall–Kier alpha value is -3.92. The minimum atomic E-state index is 0.381. The maximum atomic E-state index is 4.56. The molecule has 0 saturated carbocycles. The largest absolute Gasteiger partial charge is 0.303 e. The van der Waals surface area contributed by atoms with Gasteiger partial charge in [-0.15, -0.1) is 0 Å². The van der Waals surface area contributed by atoms with Crippen LogP contribution in [0.2, 0.25) is 0 Å². The van der Waals surface area contributed by atoms with E-state index in [-0.39, 0.29) is 0 Å². The summed E-state index contributed by atoms with van der Waals surface area (Å²) < 4.78 is 6.93. The Kier molecular flexibility index (Phi) is 5.63. The summed E-state index contributed by atoms with van der Waals surface area (Å²) in [5.41, 5.74) is 11.7. The number of benzene rings is 3. The van der Waals surface area contributed by atoms with Crippen LogP contribution in [0.25, 0.3) is 33.9 Å². The van der Waals surface area contributed by atoms with E-state index in [1.165, 1.54) is 56.1 Å². The number of fused-ring (bicyclic) bond motifs is 3. The third-order valence-electron chi connectivity index (χ3n) is 7.75. The van der Waals surface area contributed by atoms with Crippen LogP contribution in [0.3, 0.4) is 0 Å². The number of aryl methyl sites for hydroxylation is 2. The highest BCUT2D eigenvalue weighted by Crippen LogP contribution is 2.39. The molecule has 0 fully saturated rings. The molecule has 6 rings (SSSR count). The van der Waals surface area contributed by atoms with Gasteiger partial charge in [0.2, 0.25) is 0 Å². The van der Waals surface area contributed by atoms with E-state index in [0.29, 0.717) is 11.8 Å². The van der Waals surface area contributed by atoms with Crippen LogP contribution in [0.5, 0.6) is 0 Å². The van der Waals surface area contributed by atoms with Gasteiger partial charge in [-0.1, -0.05) is 64.1 Å². The molecule has 186 valence electrons. The molecule has 37 heavy (non-hydrogen) atoms. The topological polar surface area (TPSA) is 26.6 Å². The fourth-order valence-corrected chi connectivity index (χ4v) is 5.83. The van der Waals surface area contributed by atoms with Crippen LogP contribution >= 0.6 is 0 Å². The van der Waals surface area contributed by atoms with Crippen molar-refractivity contribution in [2.45, 2.75) is 52.9 Å². The van der Waals surface area contributed by atoms with Crippen molar-refractivity contribution in [1.82, 2.24) is 14.1 Å². The Morgan fingerprint density at radius 3 is 2.22 bits per heavy atom. The van der Waals surface area contributed by atoms with E-state index in [0.717, 1.165) is 12.2 Å². The van der Waals surface area contributed by atoms with Crippen LogP contribution in [0.4, 0.5) is 0 Å². The van der Waals surface area contributed by atoms with Crippen molar-refractivity contribution in [3.05, 3.63) is 107 Å². The molecule has 0 spiro atoms. The summed E-state index contributed by atoms with van der Waals surface area (Å²) in [7, 11) is 2.16. The fourth-order valence-electron chi connectivity index (χ4n) is 5.83. The smallest absolute Gasteiger partial charge is 0.294 e. The van der Waals surface area contributed by atoms with E-state index in [1.54, 1.807) is 0 Å². The van der Waals surface area contributed by atoms with Gasteiger partial charge >= 0.3 is 0 Å². The molecule has 0 amide bonds. The van der Waals surface area contributed by atoms with E-state index in [9.17, 15) is 0 Å². The molecule has 4 nitrogen and oxygen atoms in total. The molecule has 0 N–H and O–H groups in total. The predicted octanol–water partition coefficient (Wildman–Crippen LogP) is 7.28. The average molecular weight is 488 g/mol. The van der Waals surface area contributed by atoms with E-state index in [4.69, 9.17) is 0 Å². The van der Waals surface area contributed by atoms with Crippen molar-refractivity contribution in [2.75, 3.05) is 0 Å². The minimum absolute atomic E-state index is 0.381. The van der Waals surface area contributed by atoms with Crippen molar-refractivity contribution < 1.29 is 4.57 Å². The molecule has 0 radical (unpaired) electrons. The minimum Gasteiger partial charge on any atom is -0.303 e. The third-order valence-corrected chi connectivity index (χ3v) is 7.75. The molecule has 4 heteroatoms. The fraction of sp³-hybridized carbons (Fsp3) is 0.273. The van der Waals surface area contributed by atoms with Crippen LogP contribution in [-0.4, -0.2) is 14.1 Å². The lowest BCUT2D eigenvalue weighted by Gasteiger charge is -2.20. The predicted molar refractivity (Wildman–Crippen MR) is 151 cm³/mol. The lowest BCUT2D eigenvalue weighted by atomic mass is 9.88. The Balaban J connectivity index is 1.60. The van der Waals surface area contributed by atoms with Gasteiger partial charge in [0.1, 0.15) is 23.9 Å². The summed E-state index contributed by atoms with van der Waals surface area (Å²) in [6, 6.07) is 20.3. The van der Waals surface area contributed by atoms with Crippen molar-refractivity contribution in [1.29, 1.82) is 0 Å². The van der Waals surface area contributed by atoms with Gasteiger partial charge in [0.25, 0.3) is 5.82 Å². The van der Waals surface area contributed by atoms with Crippen LogP contribution in [0.15, 0.2) is 79.4 Å². The first kappa shape index (κ1) is 23.5. The highest BCUT2D eigenvalue weighted by atomic mass is 15.1. The van der Waals surface area contributed by atoms with Gasteiger partial charge in [0.15, 0.2) is 0 Å². The molecule has 2 aromatic heterocycles. The van der Waals surface area contributed by atoms with Crippen molar-refractivity contribution in [3.8, 4) is 33.9 Å². The van der Waals surface area contributed by atoms with Gasteiger partial charge in [-0.2, -0.15) is 4.57 Å². The zero-order valence-electron chi connectivity index (χ0n) is 22.7. The number of imidazole rings is 2. The normalized spacial score (nSPS) is 12.4. The van der Waals surface area contributed by atoms with Crippen molar-refractivity contribution >= 4 is 0 Å². The van der Waals surface area contributed by atoms with Crippen LogP contribution in [0.1, 0.15) is 67.6 Å². The molecule has 3 aromatic carbocycles. The summed E-state index contributed by atoms with van der Waals surface area (Å²) in [6.07, 6.45) is 9.30. The van der Waals surface area contributed by atoms with E-state index in [1.807, 2.05) is 6.20 Å². The van der Waals surface area contributed by atoms with Gasteiger partial charge in [-0.05, 0) is 59.2 Å². The Morgan fingerprint density at radius 2 is 1.54 bits per heavy atom. The first-order valence-corrected chi connectivity index (χ1v) is 13.3. The lowest BCUT2D eigenvalue weighted by molar-refractivity contribution is -0.659. The molecule has 0 bridgehead atoms. The number of rotatable bonds is 5. The van der Waals surface area contributed by atoms with Gasteiger partial charge in [-0.3, -0.25) is 0 Å². The van der Waals surface area contributed by atoms with Crippen molar-refractivity contribution in [2.24, 2.45) is 7.05 Å². The molecule has 1 aliphatic rings. The standard InChI is InChI=1S/C33H35N4/c1-21(2)27-17-25(24-10-8-7-9-11-24)18-28(22(3)4)32(27)37-15-14-35(6)33(37)29-20-30-26(16-23(29)5)19-31-34-12-13-36(30)31/h7-18,20-22H,19H2,1-6H3/q+1. The SMILES string of the molecule is Cc1cc2c(cc1-c1n(-c3c(C(C)C)cc(-c4ccccc4)cc3C(C)C)cc[n+]1C)-n1ccnc1C2. The molecule has 0 atom stereocenters. The second-order valence-electron chi connectivity index (χ2n) is 11.0. The maximum absolute atomic E-state index is 4.56. The van der Waals surface area contributed by atoms with Gasteiger partial charge in [0.05, 0.1) is 18.3 Å². The molecular weight excluding hydrogens is 452 g/mol. The van der Waals surface area contributed by atoms with Crippen LogP contribution < -0.4 is 4.57 Å². The van der Waals surface area contributed by atoms with Gasteiger partial charge in [0, 0.05) is 29.9 Å². The van der Waals surface area contributed by atoms with Crippen LogP contribution in [0, 0.1) is 6.92 Å². The quantitative estimate of drug-likeness (QED) is 0.235. The molecule has 5 aromatic rings. The maximum Gasteiger partial charge on any atom is 0.294 e. The van der Waals surface area contributed by atoms with E-state index in [2.05, 4.69) is 134 Å². The number of hydrogen-bond acceptors (Lipinski definition) is 1. The highest BCUT2D eigenvalue weighted by Gasteiger charge is 2.29. The Bertz CT molecular complexity index is 1590. The molecule has 0 aliphatic carbocycles. The second kappa shape index (κ2) is 8.88. The van der Waals surface area contributed by atoms with Gasteiger partial charge in [-0.25, -0.2) is 9.55 Å². The summed E-state index contributed by atoms with van der Waals surface area (Å²) in [6.45, 7) is 11.5. The first-order valence-electron chi connectivity index (χ1n) is 13.3. The lowest BCUT2D eigenvalue weighted by Crippen LogP contribution is -2.29. The summed E-state index contributed by atoms with van der Waals surface area (Å²) >= 11 is 0. The summed E-state index contributed by atoms with van der Waals surface area (Å²) in [5, 5.41) is 0. The Morgan fingerprint density at radius 1 is 0.838 bits per heavy atom. The molecular formula is C33H35N4+. The second-order valence-corrected chi connectivity index (χ2v) is 11.0. The van der Waals surface area contributed by atoms with E-state index >= 15 is 0 Å². The molecule has 0 saturated heterocycles. The van der Waals surface area contributed by atoms with Gasteiger partial charge < -0.3 is 4.57 Å². The number of hydrogen-bond donors (Lipinski definition) is 0. The highest BCUT2D eigenvalue weighted by molar-refractivity contribution is 5.72. The van der Waals surface area contributed by atoms with Crippen molar-refractivity contribution in [3.63, 3.8) is 0 Å². The zero-order chi connectivity index (χ0) is 25.8. The van der Waals surface area contributed by atoms with E-state index < -0.39 is 0 Å². The zero-order valence-corrected chi connectivity index (χ0v) is 22.7. The monoisotopic (exact) mass is 487 g/mol. The number of aromatic nitrogens is 4. The summed E-state index contributed by atoms with van der Waals surface area (Å²) in [4.78, 5) is 4.56. The average Bonchev–Trinajstić information content (AvgIpc) is 3.58. The van der Waals surface area contributed by atoms with Crippen LogP contribution in [-0.2, 0) is 13.5 Å². The molecule has 1 aliphatic heterocycles. The first-order chi connectivity index (χ1) is 17.8. The summed E-state index contributed by atoms with van der Waals surface area (Å²) in [5.74, 6) is 3.08.